The monoisotopic (exact) mass is 488 g/mol. The van der Waals surface area contributed by atoms with Crippen molar-refractivity contribution in [2.24, 2.45) is 5.92 Å². The van der Waals surface area contributed by atoms with Gasteiger partial charge in [0.15, 0.2) is 5.13 Å². The summed E-state index contributed by atoms with van der Waals surface area (Å²) in [5.41, 5.74) is 4.37. The van der Waals surface area contributed by atoms with Gasteiger partial charge in [-0.15, -0.1) is 11.3 Å². The summed E-state index contributed by atoms with van der Waals surface area (Å²) in [4.78, 5) is 8.74. The Kier molecular flexibility index (Phi) is 7.46. The maximum Gasteiger partial charge on any atom is 0.186 e. The zero-order valence-electron chi connectivity index (χ0n) is 18.8. The SMILES string of the molecule is CCCN(c1nc(-c2ccc(Cl)cc2Cl)c(C)s1)C(c1ccc(CC(C)O)cc1)C1CC1. The van der Waals surface area contributed by atoms with Crippen LogP contribution in [0.4, 0.5) is 5.13 Å². The smallest absolute Gasteiger partial charge is 0.186 e. The number of rotatable bonds is 9. The maximum atomic E-state index is 9.71. The number of halogens is 2. The third kappa shape index (κ3) is 5.31. The van der Waals surface area contributed by atoms with Crippen LogP contribution in [-0.4, -0.2) is 22.7 Å². The molecule has 0 bridgehead atoms. The summed E-state index contributed by atoms with van der Waals surface area (Å²) >= 11 is 14.4. The van der Waals surface area contributed by atoms with E-state index >= 15 is 0 Å². The molecule has 0 radical (unpaired) electrons. The number of hydrogen-bond donors (Lipinski definition) is 1. The highest BCUT2D eigenvalue weighted by Crippen LogP contribution is 2.48. The Bertz CT molecular complexity index is 1060. The lowest BCUT2D eigenvalue weighted by molar-refractivity contribution is 0.195. The molecule has 1 aliphatic rings. The quantitative estimate of drug-likeness (QED) is 0.334. The Hall–Kier alpha value is -1.59. The van der Waals surface area contributed by atoms with Crippen molar-refractivity contribution in [1.82, 2.24) is 4.98 Å². The van der Waals surface area contributed by atoms with Gasteiger partial charge < -0.3 is 10.0 Å². The van der Waals surface area contributed by atoms with E-state index in [1.54, 1.807) is 17.4 Å². The molecule has 1 aliphatic carbocycles. The molecular formula is C26H30Cl2N2OS. The van der Waals surface area contributed by atoms with E-state index in [1.807, 2.05) is 19.1 Å². The molecule has 0 spiro atoms. The number of hydrogen-bond acceptors (Lipinski definition) is 4. The van der Waals surface area contributed by atoms with Crippen LogP contribution in [0.25, 0.3) is 11.3 Å². The van der Waals surface area contributed by atoms with Gasteiger partial charge in [-0.3, -0.25) is 0 Å². The topological polar surface area (TPSA) is 36.4 Å². The van der Waals surface area contributed by atoms with Crippen molar-refractivity contribution in [3.05, 3.63) is 68.5 Å². The predicted molar refractivity (Wildman–Crippen MR) is 137 cm³/mol. The largest absolute Gasteiger partial charge is 0.393 e. The van der Waals surface area contributed by atoms with Gasteiger partial charge in [0.2, 0.25) is 0 Å². The number of aryl methyl sites for hydroxylation is 1. The van der Waals surface area contributed by atoms with Gasteiger partial charge in [-0.05, 0) is 74.8 Å². The normalized spacial score (nSPS) is 15.6. The van der Waals surface area contributed by atoms with Gasteiger partial charge in [-0.2, -0.15) is 0 Å². The standard InChI is InChI=1S/C26H30Cl2N2OS/c1-4-13-30(25(20-9-10-20)19-7-5-18(6-8-19)14-16(2)31)26-29-24(17(3)32-26)22-12-11-21(27)15-23(22)28/h5-8,11-12,15-16,20,25,31H,4,9-10,13-14H2,1-3H3. The Morgan fingerprint density at radius 3 is 2.47 bits per heavy atom. The van der Waals surface area contributed by atoms with E-state index in [0.29, 0.717) is 28.4 Å². The van der Waals surface area contributed by atoms with Gasteiger partial charge in [0.25, 0.3) is 0 Å². The average molecular weight is 490 g/mol. The minimum atomic E-state index is -0.326. The van der Waals surface area contributed by atoms with Crippen molar-refractivity contribution in [2.75, 3.05) is 11.4 Å². The number of aromatic nitrogens is 1. The molecule has 170 valence electrons. The molecule has 2 aromatic carbocycles. The predicted octanol–water partition coefficient (Wildman–Crippen LogP) is 7.72. The second-order valence-corrected chi connectivity index (χ2v) is 10.8. The van der Waals surface area contributed by atoms with Gasteiger partial charge in [0.05, 0.1) is 22.9 Å². The second kappa shape index (κ2) is 10.1. The molecule has 3 nitrogen and oxygen atoms in total. The second-order valence-electron chi connectivity index (χ2n) is 8.80. The first-order valence-corrected chi connectivity index (χ1v) is 12.9. The molecule has 2 unspecified atom stereocenters. The molecule has 0 aliphatic heterocycles. The zero-order valence-corrected chi connectivity index (χ0v) is 21.1. The van der Waals surface area contributed by atoms with E-state index < -0.39 is 0 Å². The molecule has 0 saturated heterocycles. The highest BCUT2D eigenvalue weighted by atomic mass is 35.5. The molecule has 0 amide bonds. The van der Waals surface area contributed by atoms with Crippen LogP contribution in [-0.2, 0) is 6.42 Å². The third-order valence-corrected chi connectivity index (χ3v) is 7.49. The number of aliphatic hydroxyl groups excluding tert-OH is 1. The zero-order chi connectivity index (χ0) is 22.8. The lowest BCUT2D eigenvalue weighted by Gasteiger charge is -2.32. The van der Waals surface area contributed by atoms with Gasteiger partial charge in [0, 0.05) is 22.0 Å². The van der Waals surface area contributed by atoms with Crippen LogP contribution in [0, 0.1) is 12.8 Å². The molecule has 2 atom stereocenters. The molecule has 1 fully saturated rings. The molecule has 1 aromatic heterocycles. The maximum absolute atomic E-state index is 9.71. The summed E-state index contributed by atoms with van der Waals surface area (Å²) in [5, 5.41) is 12.0. The Labute approximate surface area is 205 Å². The van der Waals surface area contributed by atoms with Crippen molar-refractivity contribution < 1.29 is 5.11 Å². The molecule has 1 N–H and O–H groups in total. The van der Waals surface area contributed by atoms with Gasteiger partial charge in [-0.1, -0.05) is 54.4 Å². The van der Waals surface area contributed by atoms with Crippen LogP contribution in [0.5, 0.6) is 0 Å². The molecule has 32 heavy (non-hydrogen) atoms. The van der Waals surface area contributed by atoms with Crippen LogP contribution >= 0.6 is 34.5 Å². The number of benzene rings is 2. The van der Waals surface area contributed by atoms with E-state index in [9.17, 15) is 5.11 Å². The van der Waals surface area contributed by atoms with E-state index in [4.69, 9.17) is 28.2 Å². The van der Waals surface area contributed by atoms with Crippen LogP contribution in [0.3, 0.4) is 0 Å². The first-order valence-electron chi connectivity index (χ1n) is 11.3. The summed E-state index contributed by atoms with van der Waals surface area (Å²) in [5.74, 6) is 0.649. The van der Waals surface area contributed by atoms with Crippen LogP contribution in [0.2, 0.25) is 10.0 Å². The Balaban J connectivity index is 1.69. The Morgan fingerprint density at radius 2 is 1.88 bits per heavy atom. The van der Waals surface area contributed by atoms with Crippen molar-refractivity contribution >= 4 is 39.7 Å². The lowest BCUT2D eigenvalue weighted by Crippen LogP contribution is -2.31. The van der Waals surface area contributed by atoms with E-state index in [1.165, 1.54) is 24.0 Å². The highest BCUT2D eigenvalue weighted by molar-refractivity contribution is 7.16. The van der Waals surface area contributed by atoms with Crippen molar-refractivity contribution in [1.29, 1.82) is 0 Å². The fourth-order valence-electron chi connectivity index (χ4n) is 4.34. The summed E-state index contributed by atoms with van der Waals surface area (Å²) in [6.45, 7) is 7.12. The number of aliphatic hydroxyl groups is 1. The van der Waals surface area contributed by atoms with E-state index in [0.717, 1.165) is 34.2 Å². The fourth-order valence-corrected chi connectivity index (χ4v) is 5.83. The summed E-state index contributed by atoms with van der Waals surface area (Å²) in [7, 11) is 0. The van der Waals surface area contributed by atoms with E-state index in [-0.39, 0.29) is 6.10 Å². The van der Waals surface area contributed by atoms with Crippen molar-refractivity contribution in [3.63, 3.8) is 0 Å². The fraction of sp³-hybridized carbons (Fsp3) is 0.423. The summed E-state index contributed by atoms with van der Waals surface area (Å²) < 4.78 is 0. The van der Waals surface area contributed by atoms with Crippen LogP contribution in [0.1, 0.15) is 55.2 Å². The lowest BCUT2D eigenvalue weighted by atomic mass is 9.98. The number of anilines is 1. The van der Waals surface area contributed by atoms with Crippen LogP contribution in [0.15, 0.2) is 42.5 Å². The number of nitrogens with zero attached hydrogens (tertiary/aromatic N) is 2. The molecular weight excluding hydrogens is 459 g/mol. The summed E-state index contributed by atoms with van der Waals surface area (Å²) in [6, 6.07) is 14.7. The van der Waals surface area contributed by atoms with Crippen molar-refractivity contribution in [2.45, 2.75) is 58.6 Å². The van der Waals surface area contributed by atoms with Crippen LogP contribution < -0.4 is 4.90 Å². The minimum absolute atomic E-state index is 0.314. The first kappa shape index (κ1) is 23.6. The summed E-state index contributed by atoms with van der Waals surface area (Å²) in [6.07, 6.45) is 3.91. The molecule has 3 aromatic rings. The first-order chi connectivity index (χ1) is 15.4. The molecule has 6 heteroatoms. The minimum Gasteiger partial charge on any atom is -0.393 e. The van der Waals surface area contributed by atoms with E-state index in [2.05, 4.69) is 43.0 Å². The van der Waals surface area contributed by atoms with Gasteiger partial charge in [-0.25, -0.2) is 4.98 Å². The van der Waals surface area contributed by atoms with Gasteiger partial charge >= 0.3 is 0 Å². The average Bonchev–Trinajstić information content (AvgIpc) is 3.50. The molecule has 1 saturated carbocycles. The number of thiazole rings is 1. The molecule has 4 rings (SSSR count). The molecule has 1 heterocycles. The van der Waals surface area contributed by atoms with Gasteiger partial charge in [0.1, 0.15) is 0 Å². The van der Waals surface area contributed by atoms with Crippen molar-refractivity contribution in [3.8, 4) is 11.3 Å². The third-order valence-electron chi connectivity index (χ3n) is 5.94. The Morgan fingerprint density at radius 1 is 1.16 bits per heavy atom. The highest BCUT2D eigenvalue weighted by Gasteiger charge is 2.37.